The molecule has 12 heavy (non-hydrogen) atoms. The molecule has 3 fully saturated rings. The van der Waals surface area contributed by atoms with Crippen molar-refractivity contribution in [3.63, 3.8) is 0 Å². The Kier molecular flexibility index (Phi) is 1.83. The zero-order valence-corrected chi connectivity index (χ0v) is 6.94. The number of hydrogen-bond acceptors (Lipinski definition) is 2. The lowest BCUT2D eigenvalue weighted by Crippen LogP contribution is -2.44. The highest BCUT2D eigenvalue weighted by Crippen LogP contribution is 2.45. The monoisotopic (exact) mass is 170 g/mol. The van der Waals surface area contributed by atoms with Gasteiger partial charge in [-0.1, -0.05) is 0 Å². The quantitative estimate of drug-likeness (QED) is 0.614. The van der Waals surface area contributed by atoms with Crippen molar-refractivity contribution in [1.82, 2.24) is 0 Å². The van der Waals surface area contributed by atoms with E-state index < -0.39 is 5.97 Å². The first-order valence-corrected chi connectivity index (χ1v) is 4.59. The molecular formula is C9H14O3. The maximum absolute atomic E-state index is 10.8. The third kappa shape index (κ3) is 1.12. The molecule has 3 nitrogen and oxygen atoms in total. The second kappa shape index (κ2) is 2.73. The first kappa shape index (κ1) is 8.05. The number of aliphatic hydroxyl groups excluding tert-OH is 1. The van der Waals surface area contributed by atoms with Crippen LogP contribution in [0.1, 0.15) is 25.7 Å². The van der Waals surface area contributed by atoms with Crippen LogP contribution in [-0.2, 0) is 4.79 Å². The molecule has 0 aromatic heterocycles. The summed E-state index contributed by atoms with van der Waals surface area (Å²) in [5.41, 5.74) is 0. The van der Waals surface area contributed by atoms with E-state index in [2.05, 4.69) is 0 Å². The van der Waals surface area contributed by atoms with Crippen molar-refractivity contribution >= 4 is 5.97 Å². The fraction of sp³-hybridized carbons (Fsp3) is 0.889. The van der Waals surface area contributed by atoms with Gasteiger partial charge in [0.2, 0.25) is 0 Å². The lowest BCUT2D eigenvalue weighted by Gasteiger charge is -2.43. The van der Waals surface area contributed by atoms with E-state index in [1.165, 1.54) is 0 Å². The molecule has 3 aliphatic rings. The van der Waals surface area contributed by atoms with Crippen LogP contribution in [0.4, 0.5) is 0 Å². The Balaban J connectivity index is 2.14. The van der Waals surface area contributed by atoms with Crippen LogP contribution in [0.15, 0.2) is 0 Å². The standard InChI is InChI=1S/C9H14O3/c10-8-4-5-1-2-6(8)7(3-5)9(11)12/h5-8,10H,1-4H2,(H,11,12)/t5-,6-,7+,8+/m1/s1. The summed E-state index contributed by atoms with van der Waals surface area (Å²) in [4.78, 5) is 10.8. The normalized spacial score (nSPS) is 46.1. The molecule has 68 valence electrons. The van der Waals surface area contributed by atoms with Crippen LogP contribution in [0.25, 0.3) is 0 Å². The smallest absolute Gasteiger partial charge is 0.306 e. The van der Waals surface area contributed by atoms with E-state index >= 15 is 0 Å². The van der Waals surface area contributed by atoms with Gasteiger partial charge in [0.05, 0.1) is 12.0 Å². The van der Waals surface area contributed by atoms with Crippen LogP contribution in [0.5, 0.6) is 0 Å². The van der Waals surface area contributed by atoms with Gasteiger partial charge < -0.3 is 10.2 Å². The van der Waals surface area contributed by atoms with Crippen molar-refractivity contribution in [3.8, 4) is 0 Å². The number of aliphatic carboxylic acids is 1. The van der Waals surface area contributed by atoms with Gasteiger partial charge in [-0.25, -0.2) is 0 Å². The summed E-state index contributed by atoms with van der Waals surface area (Å²) in [5.74, 6) is -0.491. The molecule has 0 aromatic rings. The zero-order chi connectivity index (χ0) is 8.72. The van der Waals surface area contributed by atoms with Crippen LogP contribution < -0.4 is 0 Å². The molecule has 0 heterocycles. The average molecular weight is 170 g/mol. The molecule has 0 unspecified atom stereocenters. The Labute approximate surface area is 71.4 Å². The fourth-order valence-corrected chi connectivity index (χ4v) is 2.76. The highest BCUT2D eigenvalue weighted by atomic mass is 16.4. The SMILES string of the molecule is O=C(O)[C@H]1C[C@H]2CC[C@H]1[C@@H](O)C2. The summed E-state index contributed by atoms with van der Waals surface area (Å²) in [7, 11) is 0. The molecule has 3 rings (SSSR count). The molecule has 0 radical (unpaired) electrons. The number of carboxylic acids is 1. The van der Waals surface area contributed by atoms with E-state index in [9.17, 15) is 9.90 Å². The molecule has 0 amide bonds. The minimum Gasteiger partial charge on any atom is -0.481 e. The predicted molar refractivity (Wildman–Crippen MR) is 42.6 cm³/mol. The molecule has 3 heteroatoms. The van der Waals surface area contributed by atoms with E-state index in [0.29, 0.717) is 5.92 Å². The minimum atomic E-state index is -0.719. The van der Waals surface area contributed by atoms with E-state index in [-0.39, 0.29) is 17.9 Å². The van der Waals surface area contributed by atoms with Gasteiger partial charge in [-0.05, 0) is 37.5 Å². The molecule has 2 bridgehead atoms. The summed E-state index contributed by atoms with van der Waals surface area (Å²) in [5, 5.41) is 18.4. The molecule has 3 aliphatic carbocycles. The van der Waals surface area contributed by atoms with E-state index in [4.69, 9.17) is 5.11 Å². The lowest BCUT2D eigenvalue weighted by atomic mass is 9.63. The molecule has 0 saturated heterocycles. The lowest BCUT2D eigenvalue weighted by molar-refractivity contribution is -0.152. The van der Waals surface area contributed by atoms with Gasteiger partial charge in [0.15, 0.2) is 0 Å². The van der Waals surface area contributed by atoms with Gasteiger partial charge in [0.25, 0.3) is 0 Å². The highest BCUT2D eigenvalue weighted by molar-refractivity contribution is 5.70. The van der Waals surface area contributed by atoms with Gasteiger partial charge in [-0.15, -0.1) is 0 Å². The number of hydrogen-bond donors (Lipinski definition) is 2. The number of carboxylic acid groups (broad SMARTS) is 1. The molecule has 4 atom stereocenters. The van der Waals surface area contributed by atoms with Gasteiger partial charge in [0, 0.05) is 0 Å². The Bertz CT molecular complexity index is 202. The Hall–Kier alpha value is -0.570. The van der Waals surface area contributed by atoms with Crippen molar-refractivity contribution < 1.29 is 15.0 Å². The summed E-state index contributed by atoms with van der Waals surface area (Å²) in [6.45, 7) is 0. The van der Waals surface area contributed by atoms with Gasteiger partial charge in [-0.3, -0.25) is 4.79 Å². The van der Waals surface area contributed by atoms with Gasteiger partial charge >= 0.3 is 5.97 Å². The maximum Gasteiger partial charge on any atom is 0.306 e. The maximum atomic E-state index is 10.8. The summed E-state index contributed by atoms with van der Waals surface area (Å²) in [6.07, 6.45) is 3.29. The van der Waals surface area contributed by atoms with E-state index in [1.807, 2.05) is 0 Å². The third-order valence-electron chi connectivity index (χ3n) is 3.40. The summed E-state index contributed by atoms with van der Waals surface area (Å²) in [6, 6.07) is 0. The fourth-order valence-electron chi connectivity index (χ4n) is 2.76. The van der Waals surface area contributed by atoms with Crippen molar-refractivity contribution in [2.45, 2.75) is 31.8 Å². The Morgan fingerprint density at radius 3 is 2.42 bits per heavy atom. The van der Waals surface area contributed by atoms with Crippen molar-refractivity contribution in [3.05, 3.63) is 0 Å². The van der Waals surface area contributed by atoms with E-state index in [0.717, 1.165) is 25.7 Å². The van der Waals surface area contributed by atoms with Crippen molar-refractivity contribution in [2.24, 2.45) is 17.8 Å². The summed E-state index contributed by atoms with van der Waals surface area (Å²) >= 11 is 0. The van der Waals surface area contributed by atoms with E-state index in [1.54, 1.807) is 0 Å². The predicted octanol–water partition coefficient (Wildman–Crippen LogP) is 0.868. The Morgan fingerprint density at radius 1 is 1.25 bits per heavy atom. The second-order valence-electron chi connectivity index (χ2n) is 4.09. The Morgan fingerprint density at radius 2 is 2.00 bits per heavy atom. The van der Waals surface area contributed by atoms with Gasteiger partial charge in [0.1, 0.15) is 0 Å². The molecule has 2 N–H and O–H groups in total. The molecule has 0 aliphatic heterocycles. The molecule has 0 aromatic carbocycles. The average Bonchev–Trinajstić information content (AvgIpc) is 2.04. The van der Waals surface area contributed by atoms with Crippen LogP contribution >= 0.6 is 0 Å². The molecular weight excluding hydrogens is 156 g/mol. The van der Waals surface area contributed by atoms with Gasteiger partial charge in [-0.2, -0.15) is 0 Å². The summed E-state index contributed by atoms with van der Waals surface area (Å²) < 4.78 is 0. The highest BCUT2D eigenvalue weighted by Gasteiger charge is 2.44. The van der Waals surface area contributed by atoms with Crippen LogP contribution in [-0.4, -0.2) is 22.3 Å². The largest absolute Gasteiger partial charge is 0.481 e. The number of rotatable bonds is 1. The minimum absolute atomic E-state index is 0.0347. The third-order valence-corrected chi connectivity index (χ3v) is 3.40. The van der Waals surface area contributed by atoms with Crippen molar-refractivity contribution in [1.29, 1.82) is 0 Å². The van der Waals surface area contributed by atoms with Crippen molar-refractivity contribution in [2.75, 3.05) is 0 Å². The number of fused-ring (bicyclic) bond motifs is 3. The first-order chi connectivity index (χ1) is 5.68. The second-order valence-corrected chi connectivity index (χ2v) is 4.09. The van der Waals surface area contributed by atoms with Crippen LogP contribution in [0.3, 0.4) is 0 Å². The zero-order valence-electron chi connectivity index (χ0n) is 6.94. The molecule has 0 spiro atoms. The topological polar surface area (TPSA) is 57.5 Å². The van der Waals surface area contributed by atoms with Crippen LogP contribution in [0, 0.1) is 17.8 Å². The number of aliphatic hydroxyl groups is 1. The van der Waals surface area contributed by atoms with Crippen LogP contribution in [0.2, 0.25) is 0 Å². The number of carbonyl (C=O) groups is 1. The molecule has 3 saturated carbocycles. The first-order valence-electron chi connectivity index (χ1n) is 4.59.